The van der Waals surface area contributed by atoms with E-state index >= 15 is 0 Å². The van der Waals surface area contributed by atoms with Crippen LogP contribution in [-0.2, 0) is 0 Å². The fourth-order valence-electron chi connectivity index (χ4n) is 5.44. The van der Waals surface area contributed by atoms with Crippen LogP contribution in [0.3, 0.4) is 0 Å². The zero-order valence-electron chi connectivity index (χ0n) is 21.6. The van der Waals surface area contributed by atoms with Crippen LogP contribution in [0.2, 0.25) is 0 Å². The summed E-state index contributed by atoms with van der Waals surface area (Å²) in [7, 11) is 3.24. The van der Waals surface area contributed by atoms with E-state index in [2.05, 4.69) is 15.2 Å². The van der Waals surface area contributed by atoms with Crippen molar-refractivity contribution in [1.29, 1.82) is 0 Å². The van der Waals surface area contributed by atoms with Crippen LogP contribution in [0.25, 0.3) is 21.7 Å². The zero-order valence-corrected chi connectivity index (χ0v) is 21.6. The van der Waals surface area contributed by atoms with Gasteiger partial charge in [0.15, 0.2) is 11.5 Å². The lowest BCUT2D eigenvalue weighted by atomic mass is 10.0. The Morgan fingerprint density at radius 3 is 2.74 bits per heavy atom. The number of methoxy groups -OCH3 is 1. The molecule has 1 spiro atoms. The predicted octanol–water partition coefficient (Wildman–Crippen LogP) is 4.38. The third-order valence-corrected chi connectivity index (χ3v) is 7.77. The first-order chi connectivity index (χ1) is 18.5. The summed E-state index contributed by atoms with van der Waals surface area (Å²) < 4.78 is 18.0. The minimum absolute atomic E-state index is 0.126. The predicted molar refractivity (Wildman–Crippen MR) is 145 cm³/mol. The second-order valence-corrected chi connectivity index (χ2v) is 10.2. The maximum absolute atomic E-state index is 12.2. The van der Waals surface area contributed by atoms with Gasteiger partial charge in [-0.2, -0.15) is 0 Å². The Kier molecular flexibility index (Phi) is 6.29. The van der Waals surface area contributed by atoms with E-state index in [-0.39, 0.29) is 17.4 Å². The lowest BCUT2D eigenvalue weighted by molar-refractivity contribution is 0.0964. The van der Waals surface area contributed by atoms with Gasteiger partial charge in [-0.15, -0.1) is 0 Å². The number of benzene rings is 3. The molecular formula is C30H31N3O5. The number of carbonyl (C=O) groups is 1. The molecule has 196 valence electrons. The van der Waals surface area contributed by atoms with Crippen molar-refractivity contribution in [1.82, 2.24) is 15.2 Å². The second kappa shape index (κ2) is 9.78. The molecule has 1 saturated carbocycles. The van der Waals surface area contributed by atoms with Gasteiger partial charge in [0.05, 0.1) is 18.7 Å². The standard InChI is InChI=1S/C30H31N3O5/c1-31-29(35)22-5-3-4-19-14-20(6-7-21(19)22)38-25-8-11-32-24-16-27(26(36-2)15-23(24)25)37-13-12-33-17-28(34)30(18-33)9-10-30/h3-8,11,14-16,28,34H,9-10,12-13,17-18H2,1-2H3,(H,31,35). The van der Waals surface area contributed by atoms with Crippen molar-refractivity contribution >= 4 is 27.6 Å². The zero-order chi connectivity index (χ0) is 26.3. The van der Waals surface area contributed by atoms with E-state index in [0.29, 0.717) is 41.7 Å². The number of aliphatic hydroxyl groups is 1. The Morgan fingerprint density at radius 2 is 1.97 bits per heavy atom. The van der Waals surface area contributed by atoms with Crippen molar-refractivity contribution < 1.29 is 24.1 Å². The topological polar surface area (TPSA) is 93.2 Å². The molecule has 1 amide bonds. The Balaban J connectivity index is 1.21. The van der Waals surface area contributed by atoms with Gasteiger partial charge in [0.1, 0.15) is 18.1 Å². The first-order valence-electron chi connectivity index (χ1n) is 12.9. The van der Waals surface area contributed by atoms with Gasteiger partial charge in [0, 0.05) is 55.3 Å². The fourth-order valence-corrected chi connectivity index (χ4v) is 5.44. The highest BCUT2D eigenvalue weighted by Crippen LogP contribution is 2.52. The van der Waals surface area contributed by atoms with E-state index < -0.39 is 0 Å². The number of likely N-dealkylation sites (tertiary alicyclic amines) is 1. The summed E-state index contributed by atoms with van der Waals surface area (Å²) in [5, 5.41) is 15.6. The molecule has 3 aromatic carbocycles. The summed E-state index contributed by atoms with van der Waals surface area (Å²) in [5.41, 5.74) is 1.49. The first-order valence-corrected chi connectivity index (χ1v) is 12.9. The monoisotopic (exact) mass is 513 g/mol. The highest BCUT2D eigenvalue weighted by molar-refractivity contribution is 6.07. The van der Waals surface area contributed by atoms with Crippen LogP contribution in [0.15, 0.2) is 60.8 Å². The Hall–Kier alpha value is -3.88. The molecule has 2 aliphatic rings. The molecule has 0 radical (unpaired) electrons. The number of hydrogen-bond donors (Lipinski definition) is 2. The number of nitrogens with one attached hydrogen (secondary N) is 1. The summed E-state index contributed by atoms with van der Waals surface area (Å²) in [4.78, 5) is 19.0. The van der Waals surface area contributed by atoms with E-state index in [1.54, 1.807) is 20.4 Å². The van der Waals surface area contributed by atoms with E-state index in [4.69, 9.17) is 14.2 Å². The Labute approximate surface area is 221 Å². The van der Waals surface area contributed by atoms with Gasteiger partial charge in [0.25, 0.3) is 5.91 Å². The summed E-state index contributed by atoms with van der Waals surface area (Å²) in [5.74, 6) is 2.39. The Bertz CT molecular complexity index is 1520. The third kappa shape index (κ3) is 4.50. The van der Waals surface area contributed by atoms with Crippen LogP contribution in [0.5, 0.6) is 23.0 Å². The Morgan fingerprint density at radius 1 is 1.11 bits per heavy atom. The average molecular weight is 514 g/mol. The fraction of sp³-hybridized carbons (Fsp3) is 0.333. The molecule has 2 N–H and O–H groups in total. The molecule has 1 atom stereocenters. The molecule has 1 aromatic heterocycles. The molecule has 2 heterocycles. The summed E-state index contributed by atoms with van der Waals surface area (Å²) in [6.07, 6.45) is 3.73. The van der Waals surface area contributed by atoms with Crippen molar-refractivity contribution in [2.45, 2.75) is 18.9 Å². The number of hydrogen-bond acceptors (Lipinski definition) is 7. The lowest BCUT2D eigenvalue weighted by Crippen LogP contribution is -2.27. The van der Waals surface area contributed by atoms with E-state index in [9.17, 15) is 9.90 Å². The molecule has 4 aromatic rings. The number of rotatable bonds is 8. The van der Waals surface area contributed by atoms with Gasteiger partial charge in [-0.3, -0.25) is 14.7 Å². The molecule has 38 heavy (non-hydrogen) atoms. The van der Waals surface area contributed by atoms with Crippen LogP contribution in [-0.4, -0.2) is 67.4 Å². The number of pyridine rings is 1. The van der Waals surface area contributed by atoms with Gasteiger partial charge in [-0.25, -0.2) is 0 Å². The van der Waals surface area contributed by atoms with Crippen molar-refractivity contribution in [2.24, 2.45) is 5.41 Å². The molecule has 1 aliphatic carbocycles. The van der Waals surface area contributed by atoms with Crippen molar-refractivity contribution in [2.75, 3.05) is 40.4 Å². The number of nitrogens with zero attached hydrogens (tertiary/aromatic N) is 2. The van der Waals surface area contributed by atoms with E-state index in [1.165, 1.54) is 0 Å². The van der Waals surface area contributed by atoms with Gasteiger partial charge in [0.2, 0.25) is 0 Å². The third-order valence-electron chi connectivity index (χ3n) is 7.77. The van der Waals surface area contributed by atoms with Crippen LogP contribution < -0.4 is 19.5 Å². The quantitative estimate of drug-likeness (QED) is 0.361. The normalized spacial score (nSPS) is 18.1. The molecule has 6 rings (SSSR count). The maximum Gasteiger partial charge on any atom is 0.251 e. The highest BCUT2D eigenvalue weighted by atomic mass is 16.5. The smallest absolute Gasteiger partial charge is 0.251 e. The average Bonchev–Trinajstić information content (AvgIpc) is 3.65. The molecule has 1 unspecified atom stereocenters. The SMILES string of the molecule is CNC(=O)c1cccc2cc(Oc3ccnc4cc(OCCN5CC(O)C6(CC6)C5)c(OC)cc34)ccc12. The molecule has 1 saturated heterocycles. The van der Waals surface area contributed by atoms with Crippen LogP contribution in [0, 0.1) is 5.41 Å². The second-order valence-electron chi connectivity index (χ2n) is 10.2. The molecule has 8 heteroatoms. The van der Waals surface area contributed by atoms with Crippen LogP contribution in [0.4, 0.5) is 0 Å². The van der Waals surface area contributed by atoms with Crippen molar-refractivity contribution in [3.63, 3.8) is 0 Å². The number of amides is 1. The highest BCUT2D eigenvalue weighted by Gasteiger charge is 2.54. The largest absolute Gasteiger partial charge is 0.493 e. The van der Waals surface area contributed by atoms with Crippen LogP contribution >= 0.6 is 0 Å². The van der Waals surface area contributed by atoms with Gasteiger partial charge in [-0.05, 0) is 60.0 Å². The number of aromatic nitrogens is 1. The first kappa shape index (κ1) is 24.5. The molecule has 1 aliphatic heterocycles. The number of ether oxygens (including phenoxy) is 3. The van der Waals surface area contributed by atoms with E-state index in [0.717, 1.165) is 47.6 Å². The van der Waals surface area contributed by atoms with Crippen molar-refractivity contribution in [3.8, 4) is 23.0 Å². The number of β-amino-alcohol motifs (C(OH)–C–C–N with tert-alkyl or cyclic N) is 1. The van der Waals surface area contributed by atoms with Crippen molar-refractivity contribution in [3.05, 3.63) is 66.4 Å². The van der Waals surface area contributed by atoms with Gasteiger partial charge < -0.3 is 24.6 Å². The minimum Gasteiger partial charge on any atom is -0.493 e. The number of aliphatic hydroxyl groups excluding tert-OH is 1. The number of fused-ring (bicyclic) bond motifs is 2. The minimum atomic E-state index is -0.221. The summed E-state index contributed by atoms with van der Waals surface area (Å²) in [6, 6.07) is 16.9. The van der Waals surface area contributed by atoms with Gasteiger partial charge >= 0.3 is 0 Å². The van der Waals surface area contributed by atoms with Gasteiger partial charge in [-0.1, -0.05) is 12.1 Å². The number of carbonyl (C=O) groups excluding carboxylic acids is 1. The lowest BCUT2D eigenvalue weighted by Gasteiger charge is -2.17. The molecule has 8 nitrogen and oxygen atoms in total. The maximum atomic E-state index is 12.2. The van der Waals surface area contributed by atoms with E-state index in [1.807, 2.05) is 54.6 Å². The summed E-state index contributed by atoms with van der Waals surface area (Å²) >= 11 is 0. The summed E-state index contributed by atoms with van der Waals surface area (Å²) in [6.45, 7) is 2.90. The molecule has 0 bridgehead atoms. The molecule has 2 fully saturated rings. The molecular weight excluding hydrogens is 482 g/mol. The van der Waals surface area contributed by atoms with Crippen LogP contribution in [0.1, 0.15) is 23.2 Å².